The van der Waals surface area contributed by atoms with Crippen LogP contribution in [0.2, 0.25) is 5.02 Å². The van der Waals surface area contributed by atoms with Gasteiger partial charge in [0.2, 0.25) is 5.91 Å². The molecule has 2 amide bonds. The van der Waals surface area contributed by atoms with E-state index in [0.29, 0.717) is 23.7 Å². The van der Waals surface area contributed by atoms with Crippen molar-refractivity contribution in [3.8, 4) is 5.75 Å². The second-order valence-electron chi connectivity index (χ2n) is 4.02. The Morgan fingerprint density at radius 3 is 2.78 bits per heavy atom. The minimum absolute atomic E-state index is 0.0427. The molecule has 1 fully saturated rings. The third kappa shape index (κ3) is 3.63. The van der Waals surface area contributed by atoms with Crippen LogP contribution in [0.25, 0.3) is 0 Å². The van der Waals surface area contributed by atoms with Crippen molar-refractivity contribution in [3.63, 3.8) is 0 Å². The minimum atomic E-state index is -0.244. The van der Waals surface area contributed by atoms with Gasteiger partial charge in [0.15, 0.2) is 6.61 Å². The van der Waals surface area contributed by atoms with E-state index in [4.69, 9.17) is 16.3 Å². The number of rotatable bonds is 4. The highest BCUT2D eigenvalue weighted by atomic mass is 35.5. The number of carbonyl (C=O) groups is 2. The molecule has 1 aliphatic heterocycles. The molecule has 1 aromatic carbocycles. The van der Waals surface area contributed by atoms with E-state index in [1.807, 2.05) is 0 Å². The summed E-state index contributed by atoms with van der Waals surface area (Å²) in [4.78, 5) is 22.5. The molecule has 2 rings (SSSR count). The van der Waals surface area contributed by atoms with Gasteiger partial charge in [0.05, 0.1) is 6.04 Å². The molecule has 1 saturated heterocycles. The van der Waals surface area contributed by atoms with Crippen LogP contribution >= 0.6 is 11.6 Å². The zero-order valence-electron chi connectivity index (χ0n) is 9.61. The van der Waals surface area contributed by atoms with E-state index in [9.17, 15) is 9.59 Å². The fraction of sp³-hybridized carbons (Fsp3) is 0.333. The Labute approximate surface area is 109 Å². The molecule has 1 aromatic rings. The molecule has 0 radical (unpaired) electrons. The van der Waals surface area contributed by atoms with Crippen molar-refractivity contribution in [3.05, 3.63) is 29.3 Å². The summed E-state index contributed by atoms with van der Waals surface area (Å²) in [7, 11) is 0. The SMILES string of the molecule is O=C1C[C@H](NC(=O)COc2ccc(Cl)cc2)CN1. The monoisotopic (exact) mass is 268 g/mol. The highest BCUT2D eigenvalue weighted by Gasteiger charge is 2.22. The largest absolute Gasteiger partial charge is 0.484 e. The van der Waals surface area contributed by atoms with Crippen molar-refractivity contribution in [1.29, 1.82) is 0 Å². The fourth-order valence-electron chi connectivity index (χ4n) is 1.66. The van der Waals surface area contributed by atoms with Gasteiger partial charge < -0.3 is 15.4 Å². The van der Waals surface area contributed by atoms with Crippen LogP contribution < -0.4 is 15.4 Å². The predicted octanol–water partition coefficient (Wildman–Crippen LogP) is 0.723. The van der Waals surface area contributed by atoms with Crippen LogP contribution in [0.5, 0.6) is 5.75 Å². The third-order valence-corrected chi connectivity index (χ3v) is 2.78. The molecule has 18 heavy (non-hydrogen) atoms. The summed E-state index contributed by atoms with van der Waals surface area (Å²) in [6.45, 7) is 0.401. The van der Waals surface area contributed by atoms with Gasteiger partial charge in [-0.3, -0.25) is 9.59 Å². The highest BCUT2D eigenvalue weighted by Crippen LogP contribution is 2.15. The summed E-state index contributed by atoms with van der Waals surface area (Å²) in [5.41, 5.74) is 0. The lowest BCUT2D eigenvalue weighted by atomic mass is 10.2. The van der Waals surface area contributed by atoms with E-state index < -0.39 is 0 Å². The summed E-state index contributed by atoms with van der Waals surface area (Å²) in [5.74, 6) is 0.292. The Hall–Kier alpha value is -1.75. The first-order valence-electron chi connectivity index (χ1n) is 5.58. The summed E-state index contributed by atoms with van der Waals surface area (Å²) in [6, 6.07) is 6.62. The molecule has 6 heteroatoms. The first-order chi connectivity index (χ1) is 8.63. The molecule has 2 N–H and O–H groups in total. The number of hydrogen-bond acceptors (Lipinski definition) is 3. The average molecular weight is 269 g/mol. The lowest BCUT2D eigenvalue weighted by Gasteiger charge is -2.11. The summed E-state index contributed by atoms with van der Waals surface area (Å²) >= 11 is 5.73. The standard InChI is InChI=1S/C12H13ClN2O3/c13-8-1-3-10(4-2-8)18-7-12(17)15-9-5-11(16)14-6-9/h1-4,9H,5-7H2,(H,14,16)(H,15,17)/t9-/m0/s1. The van der Waals surface area contributed by atoms with E-state index in [-0.39, 0.29) is 24.5 Å². The Morgan fingerprint density at radius 1 is 1.44 bits per heavy atom. The van der Waals surface area contributed by atoms with E-state index >= 15 is 0 Å². The van der Waals surface area contributed by atoms with Gasteiger partial charge in [-0.1, -0.05) is 11.6 Å². The van der Waals surface area contributed by atoms with E-state index in [1.165, 1.54) is 0 Å². The molecular formula is C12H13ClN2O3. The number of amides is 2. The number of carbonyl (C=O) groups excluding carboxylic acids is 2. The van der Waals surface area contributed by atoms with Crippen molar-refractivity contribution in [2.45, 2.75) is 12.5 Å². The Balaban J connectivity index is 1.74. The third-order valence-electron chi connectivity index (χ3n) is 2.53. The first-order valence-corrected chi connectivity index (χ1v) is 5.96. The van der Waals surface area contributed by atoms with E-state index in [1.54, 1.807) is 24.3 Å². The Kier molecular flexibility index (Phi) is 4.04. The number of nitrogens with one attached hydrogen (secondary N) is 2. The number of benzene rings is 1. The lowest BCUT2D eigenvalue weighted by Crippen LogP contribution is -2.39. The molecule has 0 aromatic heterocycles. The van der Waals surface area contributed by atoms with Crippen molar-refractivity contribution >= 4 is 23.4 Å². The van der Waals surface area contributed by atoms with E-state index in [2.05, 4.69) is 10.6 Å². The molecule has 1 heterocycles. The molecule has 0 spiro atoms. The Morgan fingerprint density at radius 2 is 2.17 bits per heavy atom. The van der Waals surface area contributed by atoms with Crippen LogP contribution in [-0.2, 0) is 9.59 Å². The van der Waals surface area contributed by atoms with Gasteiger partial charge in [-0.15, -0.1) is 0 Å². The smallest absolute Gasteiger partial charge is 0.258 e. The topological polar surface area (TPSA) is 67.4 Å². The lowest BCUT2D eigenvalue weighted by molar-refractivity contribution is -0.123. The molecule has 1 aliphatic rings. The maximum Gasteiger partial charge on any atom is 0.258 e. The zero-order chi connectivity index (χ0) is 13.0. The van der Waals surface area contributed by atoms with Crippen LogP contribution in [0, 0.1) is 0 Å². The summed E-state index contributed by atoms with van der Waals surface area (Å²) in [5, 5.41) is 5.98. The summed E-state index contributed by atoms with van der Waals surface area (Å²) < 4.78 is 5.28. The van der Waals surface area contributed by atoms with Crippen LogP contribution in [0.1, 0.15) is 6.42 Å². The number of ether oxygens (including phenoxy) is 1. The molecule has 0 aliphatic carbocycles. The second kappa shape index (κ2) is 5.73. The second-order valence-corrected chi connectivity index (χ2v) is 4.45. The van der Waals surface area contributed by atoms with Crippen molar-refractivity contribution in [2.24, 2.45) is 0 Å². The molecule has 0 unspecified atom stereocenters. The maximum absolute atomic E-state index is 11.5. The molecule has 0 bridgehead atoms. The molecular weight excluding hydrogens is 256 g/mol. The average Bonchev–Trinajstić information content (AvgIpc) is 2.74. The molecule has 96 valence electrons. The van der Waals surface area contributed by atoms with Crippen LogP contribution in [0.15, 0.2) is 24.3 Å². The molecule has 1 atom stereocenters. The van der Waals surface area contributed by atoms with Gasteiger partial charge in [0, 0.05) is 18.0 Å². The predicted molar refractivity (Wildman–Crippen MR) is 66.5 cm³/mol. The zero-order valence-corrected chi connectivity index (χ0v) is 10.4. The number of hydrogen-bond donors (Lipinski definition) is 2. The van der Waals surface area contributed by atoms with Crippen LogP contribution in [-0.4, -0.2) is 31.0 Å². The summed E-state index contributed by atoms with van der Waals surface area (Å²) in [6.07, 6.45) is 0.326. The van der Waals surface area contributed by atoms with Gasteiger partial charge >= 0.3 is 0 Å². The van der Waals surface area contributed by atoms with Gasteiger partial charge in [0.1, 0.15) is 5.75 Å². The van der Waals surface area contributed by atoms with Crippen molar-refractivity contribution in [1.82, 2.24) is 10.6 Å². The molecule has 0 saturated carbocycles. The molecule has 5 nitrogen and oxygen atoms in total. The normalized spacial score (nSPS) is 18.3. The minimum Gasteiger partial charge on any atom is -0.484 e. The Bertz CT molecular complexity index is 447. The van der Waals surface area contributed by atoms with E-state index in [0.717, 1.165) is 0 Å². The van der Waals surface area contributed by atoms with Crippen LogP contribution in [0.3, 0.4) is 0 Å². The van der Waals surface area contributed by atoms with Gasteiger partial charge in [-0.05, 0) is 24.3 Å². The van der Waals surface area contributed by atoms with Gasteiger partial charge in [-0.2, -0.15) is 0 Å². The van der Waals surface area contributed by atoms with Gasteiger partial charge in [0.25, 0.3) is 5.91 Å². The van der Waals surface area contributed by atoms with Crippen molar-refractivity contribution in [2.75, 3.05) is 13.2 Å². The van der Waals surface area contributed by atoms with Crippen LogP contribution in [0.4, 0.5) is 0 Å². The van der Waals surface area contributed by atoms with Gasteiger partial charge in [-0.25, -0.2) is 0 Å². The van der Waals surface area contributed by atoms with Crippen molar-refractivity contribution < 1.29 is 14.3 Å². The first kappa shape index (κ1) is 12.7. The maximum atomic E-state index is 11.5. The quantitative estimate of drug-likeness (QED) is 0.846. The fourth-order valence-corrected chi connectivity index (χ4v) is 1.78. The highest BCUT2D eigenvalue weighted by molar-refractivity contribution is 6.30. The number of halogens is 1.